The fraction of sp³-hybridized carbons (Fsp3) is 0.938. The monoisotopic (exact) mass is 279 g/mol. The van der Waals surface area contributed by atoms with E-state index >= 15 is 0 Å². The van der Waals surface area contributed by atoms with Crippen molar-refractivity contribution in [2.24, 2.45) is 17.6 Å². The predicted octanol–water partition coefficient (Wildman–Crippen LogP) is 1.49. The molecule has 114 valence electrons. The van der Waals surface area contributed by atoms with Crippen LogP contribution in [0.2, 0.25) is 0 Å². The number of nitrogens with two attached hydrogens (primary N) is 1. The lowest BCUT2D eigenvalue weighted by Crippen LogP contribution is -2.65. The summed E-state index contributed by atoms with van der Waals surface area (Å²) in [6.07, 6.45) is 7.20. The first kappa shape index (κ1) is 14.3. The average Bonchev–Trinajstić information content (AvgIpc) is 3.25. The minimum absolute atomic E-state index is 0.127. The molecule has 1 heterocycles. The van der Waals surface area contributed by atoms with Crippen LogP contribution in [-0.2, 0) is 4.79 Å². The summed E-state index contributed by atoms with van der Waals surface area (Å²) >= 11 is 0. The van der Waals surface area contributed by atoms with Crippen molar-refractivity contribution in [3.8, 4) is 0 Å². The van der Waals surface area contributed by atoms with Crippen LogP contribution >= 0.6 is 0 Å². The Balaban J connectivity index is 1.73. The molecule has 3 N–H and O–H groups in total. The number of rotatable bonds is 6. The lowest BCUT2D eigenvalue weighted by molar-refractivity contribution is -0.127. The quantitative estimate of drug-likeness (QED) is 0.774. The van der Waals surface area contributed by atoms with Crippen LogP contribution in [0.15, 0.2) is 0 Å². The van der Waals surface area contributed by atoms with E-state index < -0.39 is 5.54 Å². The lowest BCUT2D eigenvalue weighted by Gasteiger charge is -2.43. The summed E-state index contributed by atoms with van der Waals surface area (Å²) in [5.74, 6) is 1.14. The molecule has 1 saturated heterocycles. The van der Waals surface area contributed by atoms with Crippen LogP contribution in [0.4, 0.5) is 0 Å². The van der Waals surface area contributed by atoms with Gasteiger partial charge in [0.2, 0.25) is 5.91 Å². The molecule has 1 amide bonds. The predicted molar refractivity (Wildman–Crippen MR) is 80.2 cm³/mol. The van der Waals surface area contributed by atoms with Crippen LogP contribution in [-0.4, -0.2) is 41.5 Å². The van der Waals surface area contributed by atoms with Crippen molar-refractivity contribution in [1.29, 1.82) is 0 Å². The van der Waals surface area contributed by atoms with Crippen LogP contribution in [0.25, 0.3) is 0 Å². The first-order valence-electron chi connectivity index (χ1n) is 8.33. The maximum atomic E-state index is 12.2. The number of nitrogens with zero attached hydrogens (tertiary/aromatic N) is 1. The number of carbonyl (C=O) groups is 1. The van der Waals surface area contributed by atoms with Gasteiger partial charge < -0.3 is 5.73 Å². The van der Waals surface area contributed by atoms with Gasteiger partial charge in [0.25, 0.3) is 0 Å². The molecule has 3 atom stereocenters. The third kappa shape index (κ3) is 2.86. The Labute approximate surface area is 122 Å². The Morgan fingerprint density at radius 3 is 2.45 bits per heavy atom. The smallest absolute Gasteiger partial charge is 0.239 e. The minimum atomic E-state index is -0.462. The molecule has 3 aliphatic rings. The Kier molecular flexibility index (Phi) is 3.80. The van der Waals surface area contributed by atoms with Crippen molar-refractivity contribution < 1.29 is 4.79 Å². The standard InChI is InChI=1S/C16H29N3O/c1-11-7-8-19(12(2)9-11)10-16(15(17)20,13-3-4-13)18-14-5-6-14/h11-14,18H,3-10H2,1-2H3,(H2,17,20). The third-order valence-corrected chi connectivity index (χ3v) is 5.48. The number of piperidine rings is 1. The molecular formula is C16H29N3O. The van der Waals surface area contributed by atoms with Crippen LogP contribution in [0.1, 0.15) is 52.4 Å². The van der Waals surface area contributed by atoms with Gasteiger partial charge in [0.1, 0.15) is 5.54 Å². The van der Waals surface area contributed by atoms with Crippen molar-refractivity contribution in [3.63, 3.8) is 0 Å². The van der Waals surface area contributed by atoms with E-state index in [0.29, 0.717) is 18.0 Å². The first-order chi connectivity index (χ1) is 9.51. The summed E-state index contributed by atoms with van der Waals surface area (Å²) in [5.41, 5.74) is 5.39. The van der Waals surface area contributed by atoms with E-state index in [2.05, 4.69) is 24.1 Å². The first-order valence-corrected chi connectivity index (χ1v) is 8.33. The van der Waals surface area contributed by atoms with Gasteiger partial charge in [-0.05, 0) is 63.8 Å². The molecule has 2 saturated carbocycles. The second-order valence-corrected chi connectivity index (χ2v) is 7.48. The van der Waals surface area contributed by atoms with Crippen molar-refractivity contribution in [2.45, 2.75) is 70.0 Å². The lowest BCUT2D eigenvalue weighted by atomic mass is 9.87. The zero-order valence-corrected chi connectivity index (χ0v) is 12.9. The molecule has 3 unspecified atom stereocenters. The molecule has 0 radical (unpaired) electrons. The molecule has 1 aliphatic heterocycles. The second-order valence-electron chi connectivity index (χ2n) is 7.48. The van der Waals surface area contributed by atoms with E-state index in [1.807, 2.05) is 0 Å². The number of hydrogen-bond donors (Lipinski definition) is 2. The Morgan fingerprint density at radius 2 is 1.95 bits per heavy atom. The summed E-state index contributed by atoms with van der Waals surface area (Å²) in [6, 6.07) is 1.10. The molecule has 3 rings (SSSR count). The Bertz CT molecular complexity index is 378. The van der Waals surface area contributed by atoms with E-state index in [1.54, 1.807) is 0 Å². The molecule has 2 aliphatic carbocycles. The summed E-state index contributed by atoms with van der Waals surface area (Å²) < 4.78 is 0. The van der Waals surface area contributed by atoms with Crippen LogP contribution < -0.4 is 11.1 Å². The van der Waals surface area contributed by atoms with Crippen LogP contribution in [0.3, 0.4) is 0 Å². The highest BCUT2D eigenvalue weighted by atomic mass is 16.1. The molecular weight excluding hydrogens is 250 g/mol. The summed E-state index contributed by atoms with van der Waals surface area (Å²) in [6.45, 7) is 6.55. The van der Waals surface area contributed by atoms with Gasteiger partial charge >= 0.3 is 0 Å². The van der Waals surface area contributed by atoms with Gasteiger partial charge in [-0.2, -0.15) is 0 Å². The summed E-state index contributed by atoms with van der Waals surface area (Å²) in [7, 11) is 0. The number of amides is 1. The molecule has 3 fully saturated rings. The number of carbonyl (C=O) groups excluding carboxylic acids is 1. The van der Waals surface area contributed by atoms with Crippen molar-refractivity contribution in [3.05, 3.63) is 0 Å². The summed E-state index contributed by atoms with van der Waals surface area (Å²) in [5, 5.41) is 3.63. The number of hydrogen-bond acceptors (Lipinski definition) is 3. The van der Waals surface area contributed by atoms with Gasteiger partial charge in [0.05, 0.1) is 0 Å². The zero-order chi connectivity index (χ0) is 14.3. The van der Waals surface area contributed by atoms with Crippen LogP contribution in [0, 0.1) is 11.8 Å². The molecule has 20 heavy (non-hydrogen) atoms. The number of nitrogens with one attached hydrogen (secondary N) is 1. The number of primary amides is 1. The van der Waals surface area contributed by atoms with Gasteiger partial charge in [-0.25, -0.2) is 0 Å². The maximum absolute atomic E-state index is 12.2. The molecule has 4 nitrogen and oxygen atoms in total. The fourth-order valence-electron chi connectivity index (χ4n) is 3.82. The zero-order valence-electron chi connectivity index (χ0n) is 12.9. The molecule has 0 bridgehead atoms. The average molecular weight is 279 g/mol. The van der Waals surface area contributed by atoms with E-state index in [-0.39, 0.29) is 5.91 Å². The van der Waals surface area contributed by atoms with E-state index in [1.165, 1.54) is 25.7 Å². The Morgan fingerprint density at radius 1 is 1.25 bits per heavy atom. The largest absolute Gasteiger partial charge is 0.368 e. The van der Waals surface area contributed by atoms with Crippen molar-refractivity contribution in [1.82, 2.24) is 10.2 Å². The molecule has 0 aromatic heterocycles. The van der Waals surface area contributed by atoms with Crippen LogP contribution in [0.5, 0.6) is 0 Å². The number of likely N-dealkylation sites (tertiary alicyclic amines) is 1. The normalized spacial score (nSPS) is 34.7. The van der Waals surface area contributed by atoms with E-state index in [4.69, 9.17) is 5.73 Å². The third-order valence-electron chi connectivity index (χ3n) is 5.48. The highest BCUT2D eigenvalue weighted by Gasteiger charge is 2.53. The van der Waals surface area contributed by atoms with Crippen molar-refractivity contribution in [2.75, 3.05) is 13.1 Å². The molecule has 0 aromatic carbocycles. The maximum Gasteiger partial charge on any atom is 0.239 e. The highest BCUT2D eigenvalue weighted by molar-refractivity contribution is 5.86. The molecule has 4 heteroatoms. The van der Waals surface area contributed by atoms with Gasteiger partial charge in [0, 0.05) is 18.6 Å². The SMILES string of the molecule is CC1CCN(CC(NC2CC2)(C(N)=O)C2CC2)C(C)C1. The molecule has 0 spiro atoms. The minimum Gasteiger partial charge on any atom is -0.368 e. The van der Waals surface area contributed by atoms with E-state index in [0.717, 1.165) is 31.8 Å². The summed E-state index contributed by atoms with van der Waals surface area (Å²) in [4.78, 5) is 14.7. The van der Waals surface area contributed by atoms with Crippen molar-refractivity contribution >= 4 is 5.91 Å². The fourth-order valence-corrected chi connectivity index (χ4v) is 3.82. The topological polar surface area (TPSA) is 58.4 Å². The second kappa shape index (κ2) is 5.30. The van der Waals surface area contributed by atoms with Gasteiger partial charge in [-0.3, -0.25) is 15.0 Å². The Hall–Kier alpha value is -0.610. The highest BCUT2D eigenvalue weighted by Crippen LogP contribution is 2.42. The van der Waals surface area contributed by atoms with Gasteiger partial charge in [-0.1, -0.05) is 6.92 Å². The van der Waals surface area contributed by atoms with Gasteiger partial charge in [-0.15, -0.1) is 0 Å². The van der Waals surface area contributed by atoms with E-state index in [9.17, 15) is 4.79 Å². The molecule has 0 aromatic rings. The van der Waals surface area contributed by atoms with Gasteiger partial charge in [0.15, 0.2) is 0 Å².